The van der Waals surface area contributed by atoms with Crippen LogP contribution >= 0.6 is 11.3 Å². The molecule has 0 bridgehead atoms. The monoisotopic (exact) mass is 392 g/mol. The summed E-state index contributed by atoms with van der Waals surface area (Å²) in [6.45, 7) is 7.00. The highest BCUT2D eigenvalue weighted by molar-refractivity contribution is 7.12. The quantitative estimate of drug-likeness (QED) is 0.679. The Bertz CT molecular complexity index is 948. The largest absolute Gasteiger partial charge is 0.353 e. The van der Waals surface area contributed by atoms with Crippen LogP contribution in [0.25, 0.3) is 0 Å². The van der Waals surface area contributed by atoms with Crippen LogP contribution in [0.3, 0.4) is 0 Å². The van der Waals surface area contributed by atoms with Crippen molar-refractivity contribution in [1.82, 2.24) is 14.9 Å². The minimum absolute atomic E-state index is 0.134. The third-order valence-electron chi connectivity index (χ3n) is 5.13. The number of aryl methyl sites for hydroxylation is 2. The van der Waals surface area contributed by atoms with Crippen molar-refractivity contribution in [3.63, 3.8) is 0 Å². The van der Waals surface area contributed by atoms with Gasteiger partial charge < -0.3 is 9.80 Å². The molecular formula is C22H24N4OS. The van der Waals surface area contributed by atoms with Gasteiger partial charge in [-0.2, -0.15) is 0 Å². The van der Waals surface area contributed by atoms with Crippen LogP contribution in [0.15, 0.2) is 47.8 Å². The lowest BCUT2D eigenvalue weighted by Gasteiger charge is -2.36. The maximum absolute atomic E-state index is 12.6. The van der Waals surface area contributed by atoms with Gasteiger partial charge in [0.25, 0.3) is 5.91 Å². The number of thiophene rings is 1. The third-order valence-corrected chi connectivity index (χ3v) is 5.98. The van der Waals surface area contributed by atoms with Crippen molar-refractivity contribution in [2.24, 2.45) is 0 Å². The molecule has 1 aromatic carbocycles. The molecule has 6 heteroatoms. The number of rotatable bonds is 4. The van der Waals surface area contributed by atoms with Crippen LogP contribution in [0.4, 0.5) is 5.82 Å². The average molecular weight is 393 g/mol. The van der Waals surface area contributed by atoms with Crippen molar-refractivity contribution in [1.29, 1.82) is 0 Å². The smallest absolute Gasteiger partial charge is 0.264 e. The van der Waals surface area contributed by atoms with Crippen molar-refractivity contribution < 1.29 is 4.79 Å². The molecule has 3 heterocycles. The van der Waals surface area contributed by atoms with Crippen molar-refractivity contribution >= 4 is 23.1 Å². The van der Waals surface area contributed by atoms with E-state index in [2.05, 4.69) is 41.1 Å². The second kappa shape index (κ2) is 8.10. The lowest BCUT2D eigenvalue weighted by Crippen LogP contribution is -2.49. The van der Waals surface area contributed by atoms with Crippen LogP contribution in [0.5, 0.6) is 0 Å². The van der Waals surface area contributed by atoms with E-state index >= 15 is 0 Å². The fraction of sp³-hybridized carbons (Fsp3) is 0.318. The first-order valence-electron chi connectivity index (χ1n) is 9.57. The number of anilines is 1. The van der Waals surface area contributed by atoms with Gasteiger partial charge in [0.15, 0.2) is 0 Å². The Morgan fingerprint density at radius 2 is 1.75 bits per heavy atom. The zero-order chi connectivity index (χ0) is 19.5. The van der Waals surface area contributed by atoms with E-state index in [1.54, 1.807) is 0 Å². The molecule has 1 fully saturated rings. The molecule has 5 nitrogen and oxygen atoms in total. The Hall–Kier alpha value is -2.73. The average Bonchev–Trinajstić information content (AvgIpc) is 3.25. The Labute approximate surface area is 169 Å². The zero-order valence-electron chi connectivity index (χ0n) is 16.3. The lowest BCUT2D eigenvalue weighted by atomic mass is 10.0. The first-order chi connectivity index (χ1) is 13.6. The molecule has 4 rings (SSSR count). The molecule has 3 aromatic rings. The van der Waals surface area contributed by atoms with Gasteiger partial charge in [-0.1, -0.05) is 36.4 Å². The van der Waals surface area contributed by atoms with E-state index in [-0.39, 0.29) is 5.91 Å². The molecule has 144 valence electrons. The fourth-order valence-corrected chi connectivity index (χ4v) is 4.35. The Morgan fingerprint density at radius 1 is 1.00 bits per heavy atom. The summed E-state index contributed by atoms with van der Waals surface area (Å²) in [4.78, 5) is 27.1. The van der Waals surface area contributed by atoms with E-state index < -0.39 is 0 Å². The minimum atomic E-state index is 0.134. The first kappa shape index (κ1) is 18.6. The Kier molecular flexibility index (Phi) is 5.39. The van der Waals surface area contributed by atoms with Gasteiger partial charge in [0, 0.05) is 43.9 Å². The number of hydrogen-bond donors (Lipinski definition) is 0. The maximum atomic E-state index is 12.6. The molecule has 0 unspecified atom stereocenters. The van der Waals surface area contributed by atoms with E-state index in [1.807, 2.05) is 35.4 Å². The van der Waals surface area contributed by atoms with Gasteiger partial charge in [-0.25, -0.2) is 9.97 Å². The molecule has 1 saturated heterocycles. The van der Waals surface area contributed by atoms with Crippen molar-refractivity contribution in [2.45, 2.75) is 20.3 Å². The number of carbonyl (C=O) groups is 1. The highest BCUT2D eigenvalue weighted by Crippen LogP contribution is 2.25. The van der Waals surface area contributed by atoms with Crippen LogP contribution in [0.2, 0.25) is 0 Å². The summed E-state index contributed by atoms with van der Waals surface area (Å²) in [6.07, 6.45) is 0.816. The number of carbonyl (C=O) groups excluding carboxylic acids is 1. The summed E-state index contributed by atoms with van der Waals surface area (Å²) >= 11 is 1.50. The van der Waals surface area contributed by atoms with Crippen LogP contribution < -0.4 is 4.90 Å². The van der Waals surface area contributed by atoms with Gasteiger partial charge in [-0.3, -0.25) is 4.79 Å². The molecule has 1 aliphatic heterocycles. The minimum Gasteiger partial charge on any atom is -0.353 e. The summed E-state index contributed by atoms with van der Waals surface area (Å²) in [5, 5.41) is 1.95. The van der Waals surface area contributed by atoms with Gasteiger partial charge in [0.2, 0.25) is 0 Å². The van der Waals surface area contributed by atoms with E-state index in [4.69, 9.17) is 4.98 Å². The van der Waals surface area contributed by atoms with Gasteiger partial charge in [0.05, 0.1) is 4.88 Å². The van der Waals surface area contributed by atoms with E-state index in [0.717, 1.165) is 41.7 Å². The van der Waals surface area contributed by atoms with Crippen LogP contribution in [0.1, 0.15) is 32.3 Å². The molecule has 2 aromatic heterocycles. The topological polar surface area (TPSA) is 49.3 Å². The Balaban J connectivity index is 1.54. The molecular weight excluding hydrogens is 368 g/mol. The number of hydrogen-bond acceptors (Lipinski definition) is 5. The van der Waals surface area contributed by atoms with E-state index in [9.17, 15) is 4.79 Å². The highest BCUT2D eigenvalue weighted by Gasteiger charge is 2.25. The molecule has 0 atom stereocenters. The molecule has 28 heavy (non-hydrogen) atoms. The summed E-state index contributed by atoms with van der Waals surface area (Å²) in [7, 11) is 0. The van der Waals surface area contributed by atoms with Gasteiger partial charge in [-0.05, 0) is 30.9 Å². The summed E-state index contributed by atoms with van der Waals surface area (Å²) < 4.78 is 0. The second-order valence-electron chi connectivity index (χ2n) is 7.08. The maximum Gasteiger partial charge on any atom is 0.264 e. The number of piperazine rings is 1. The van der Waals surface area contributed by atoms with Crippen LogP contribution in [-0.2, 0) is 6.42 Å². The van der Waals surface area contributed by atoms with Crippen LogP contribution in [0, 0.1) is 13.8 Å². The summed E-state index contributed by atoms with van der Waals surface area (Å²) in [6, 6.07) is 14.3. The number of aromatic nitrogens is 2. The van der Waals surface area contributed by atoms with Crippen molar-refractivity contribution in [2.75, 3.05) is 31.1 Å². The SMILES string of the molecule is Cc1nc(C)c(Cc2ccccc2)c(N2CCN(C(=O)c3cccs3)CC2)n1. The molecule has 0 spiro atoms. The van der Waals surface area contributed by atoms with Crippen LogP contribution in [-0.4, -0.2) is 47.0 Å². The highest BCUT2D eigenvalue weighted by atomic mass is 32.1. The standard InChI is InChI=1S/C22H24N4OS/c1-16-19(15-18-7-4-3-5-8-18)21(24-17(2)23-16)25-10-12-26(13-11-25)22(27)20-9-6-14-28-20/h3-9,14H,10-13,15H2,1-2H3. The predicted molar refractivity (Wildman–Crippen MR) is 113 cm³/mol. The van der Waals surface area contributed by atoms with E-state index in [0.29, 0.717) is 13.1 Å². The first-order valence-corrected chi connectivity index (χ1v) is 10.5. The third kappa shape index (κ3) is 3.92. The second-order valence-corrected chi connectivity index (χ2v) is 8.03. The van der Waals surface area contributed by atoms with Gasteiger partial charge in [0.1, 0.15) is 11.6 Å². The molecule has 0 aliphatic carbocycles. The molecule has 1 amide bonds. The van der Waals surface area contributed by atoms with Crippen molar-refractivity contribution in [3.05, 3.63) is 75.4 Å². The normalized spacial score (nSPS) is 14.4. The molecule has 0 radical (unpaired) electrons. The van der Waals surface area contributed by atoms with Gasteiger partial charge >= 0.3 is 0 Å². The lowest BCUT2D eigenvalue weighted by molar-refractivity contribution is 0.0751. The zero-order valence-corrected chi connectivity index (χ0v) is 17.1. The predicted octanol–water partition coefficient (Wildman–Crippen LogP) is 3.71. The summed E-state index contributed by atoms with van der Waals surface area (Å²) in [5.41, 5.74) is 3.46. The number of benzene rings is 1. The fourth-order valence-electron chi connectivity index (χ4n) is 3.66. The number of nitrogens with zero attached hydrogens (tertiary/aromatic N) is 4. The van der Waals surface area contributed by atoms with Crippen molar-refractivity contribution in [3.8, 4) is 0 Å². The van der Waals surface area contributed by atoms with Gasteiger partial charge in [-0.15, -0.1) is 11.3 Å². The molecule has 1 aliphatic rings. The van der Waals surface area contributed by atoms with E-state index in [1.165, 1.54) is 22.5 Å². The Morgan fingerprint density at radius 3 is 2.43 bits per heavy atom. The molecule has 0 N–H and O–H groups in total. The summed E-state index contributed by atoms with van der Waals surface area (Å²) in [5.74, 6) is 1.94. The number of amides is 1. The molecule has 0 saturated carbocycles.